The predicted octanol–water partition coefficient (Wildman–Crippen LogP) is 6.35. The molecule has 30 heavy (non-hydrogen) atoms. The minimum Gasteiger partial charge on any atom is -0.383 e. The van der Waals surface area contributed by atoms with Crippen LogP contribution in [0.3, 0.4) is 0 Å². The van der Waals surface area contributed by atoms with Crippen molar-refractivity contribution in [1.82, 2.24) is 19.7 Å². The van der Waals surface area contributed by atoms with Gasteiger partial charge in [-0.3, -0.25) is 4.68 Å². The van der Waals surface area contributed by atoms with E-state index in [4.69, 9.17) is 17.3 Å². The fourth-order valence-corrected chi connectivity index (χ4v) is 4.36. The molecule has 1 saturated carbocycles. The van der Waals surface area contributed by atoms with Crippen LogP contribution in [0.25, 0.3) is 33.6 Å². The summed E-state index contributed by atoms with van der Waals surface area (Å²) in [5.74, 6) is 0.503. The quantitative estimate of drug-likeness (QED) is 0.406. The van der Waals surface area contributed by atoms with Crippen molar-refractivity contribution >= 4 is 17.4 Å². The Morgan fingerprint density at radius 1 is 0.900 bits per heavy atom. The first-order valence-electron chi connectivity index (χ1n) is 10.4. The number of aromatic nitrogens is 4. The van der Waals surface area contributed by atoms with Gasteiger partial charge >= 0.3 is 0 Å². The van der Waals surface area contributed by atoms with Gasteiger partial charge in [0.2, 0.25) is 0 Å². The SMILES string of the molecule is Nc1ncc(-c2cnn(C3CCCCC3)c2)cc1-c1ccc(-c2ccc(Cl)cc2)[nH]1. The second-order valence-electron chi connectivity index (χ2n) is 7.95. The maximum atomic E-state index is 6.22. The highest BCUT2D eigenvalue weighted by Crippen LogP contribution is 2.33. The summed E-state index contributed by atoms with van der Waals surface area (Å²) in [4.78, 5) is 7.91. The third-order valence-corrected chi connectivity index (χ3v) is 6.19. The van der Waals surface area contributed by atoms with E-state index in [2.05, 4.69) is 32.0 Å². The number of nitrogen functional groups attached to an aromatic ring is 1. The van der Waals surface area contributed by atoms with Crippen LogP contribution in [0.1, 0.15) is 38.1 Å². The monoisotopic (exact) mass is 417 g/mol. The Balaban J connectivity index is 1.44. The molecule has 0 unspecified atom stereocenters. The highest BCUT2D eigenvalue weighted by Gasteiger charge is 2.17. The Kier molecular flexibility index (Phi) is 5.05. The smallest absolute Gasteiger partial charge is 0.132 e. The van der Waals surface area contributed by atoms with Crippen molar-refractivity contribution in [3.8, 4) is 33.6 Å². The third-order valence-electron chi connectivity index (χ3n) is 5.93. The lowest BCUT2D eigenvalue weighted by Gasteiger charge is -2.21. The zero-order valence-electron chi connectivity index (χ0n) is 16.7. The second-order valence-corrected chi connectivity index (χ2v) is 8.39. The van der Waals surface area contributed by atoms with E-state index in [1.807, 2.05) is 48.8 Å². The molecular weight excluding hydrogens is 394 g/mol. The van der Waals surface area contributed by atoms with Gasteiger partial charge in [-0.2, -0.15) is 5.10 Å². The average molecular weight is 418 g/mol. The molecule has 1 aliphatic carbocycles. The zero-order valence-corrected chi connectivity index (χ0v) is 17.4. The molecule has 3 N–H and O–H groups in total. The van der Waals surface area contributed by atoms with Gasteiger partial charge in [-0.15, -0.1) is 0 Å². The number of aromatic amines is 1. The van der Waals surface area contributed by atoms with Crippen molar-refractivity contribution in [3.63, 3.8) is 0 Å². The number of benzene rings is 1. The third kappa shape index (κ3) is 3.73. The van der Waals surface area contributed by atoms with Gasteiger partial charge in [0.25, 0.3) is 0 Å². The summed E-state index contributed by atoms with van der Waals surface area (Å²) in [7, 11) is 0. The van der Waals surface area contributed by atoms with Gasteiger partial charge in [0, 0.05) is 45.5 Å². The molecule has 0 spiro atoms. The average Bonchev–Trinajstić information content (AvgIpc) is 3.46. The summed E-state index contributed by atoms with van der Waals surface area (Å²) >= 11 is 6.01. The van der Waals surface area contributed by atoms with Crippen molar-refractivity contribution < 1.29 is 0 Å². The van der Waals surface area contributed by atoms with Crippen LogP contribution in [-0.2, 0) is 0 Å². The standard InChI is InChI=1S/C24H24ClN5/c25-19-8-6-16(7-9-19)22-10-11-23(29-22)21-12-17(13-27-24(21)26)18-14-28-30(15-18)20-4-2-1-3-5-20/h6-15,20,29H,1-5H2,(H2,26,27). The van der Waals surface area contributed by atoms with Crippen LogP contribution in [0.15, 0.2) is 61.1 Å². The number of hydrogen-bond donors (Lipinski definition) is 2. The molecule has 152 valence electrons. The molecule has 5 rings (SSSR count). The number of hydrogen-bond acceptors (Lipinski definition) is 3. The van der Waals surface area contributed by atoms with Crippen molar-refractivity contribution in [2.45, 2.75) is 38.1 Å². The topological polar surface area (TPSA) is 72.5 Å². The number of halogens is 1. The number of nitrogens with zero attached hydrogens (tertiary/aromatic N) is 3. The van der Waals surface area contributed by atoms with Crippen molar-refractivity contribution in [1.29, 1.82) is 0 Å². The number of nitrogens with two attached hydrogens (primary N) is 1. The highest BCUT2D eigenvalue weighted by atomic mass is 35.5. The maximum Gasteiger partial charge on any atom is 0.132 e. The fraction of sp³-hybridized carbons (Fsp3) is 0.250. The molecule has 1 fully saturated rings. The van der Waals surface area contributed by atoms with E-state index in [1.54, 1.807) is 0 Å². The first-order valence-corrected chi connectivity index (χ1v) is 10.8. The van der Waals surface area contributed by atoms with Gasteiger partial charge in [0.15, 0.2) is 0 Å². The summed E-state index contributed by atoms with van der Waals surface area (Å²) in [6.07, 6.45) is 12.2. The number of nitrogens with one attached hydrogen (secondary N) is 1. The van der Waals surface area contributed by atoms with Gasteiger partial charge < -0.3 is 10.7 Å². The van der Waals surface area contributed by atoms with E-state index in [0.29, 0.717) is 11.9 Å². The molecule has 0 amide bonds. The molecule has 1 aromatic carbocycles. The Hall–Kier alpha value is -3.05. The lowest BCUT2D eigenvalue weighted by Crippen LogP contribution is -2.12. The number of pyridine rings is 1. The minimum absolute atomic E-state index is 0.503. The van der Waals surface area contributed by atoms with E-state index in [-0.39, 0.29) is 0 Å². The molecule has 0 atom stereocenters. The van der Waals surface area contributed by atoms with Gasteiger partial charge in [0.05, 0.1) is 12.2 Å². The first-order chi connectivity index (χ1) is 14.7. The maximum absolute atomic E-state index is 6.22. The Morgan fingerprint density at radius 2 is 1.67 bits per heavy atom. The largest absolute Gasteiger partial charge is 0.383 e. The molecule has 0 radical (unpaired) electrons. The molecular formula is C24H24ClN5. The Morgan fingerprint density at radius 3 is 2.47 bits per heavy atom. The summed E-state index contributed by atoms with van der Waals surface area (Å²) in [6, 6.07) is 14.4. The number of rotatable bonds is 4. The Labute approximate surface area is 180 Å². The molecule has 0 bridgehead atoms. The molecule has 0 saturated heterocycles. The molecule has 4 aromatic rings. The zero-order chi connectivity index (χ0) is 20.5. The van der Waals surface area contributed by atoms with Crippen LogP contribution in [0, 0.1) is 0 Å². The highest BCUT2D eigenvalue weighted by molar-refractivity contribution is 6.30. The van der Waals surface area contributed by atoms with Crippen LogP contribution in [0.2, 0.25) is 5.02 Å². The molecule has 5 nitrogen and oxygen atoms in total. The van der Waals surface area contributed by atoms with Crippen LogP contribution in [-0.4, -0.2) is 19.7 Å². The van der Waals surface area contributed by atoms with Gasteiger partial charge in [-0.25, -0.2) is 4.98 Å². The first kappa shape index (κ1) is 18.9. The van der Waals surface area contributed by atoms with Gasteiger partial charge in [-0.1, -0.05) is 43.0 Å². The fourth-order valence-electron chi connectivity index (χ4n) is 4.23. The summed E-state index contributed by atoms with van der Waals surface area (Å²) in [5, 5.41) is 5.35. The van der Waals surface area contributed by atoms with E-state index in [0.717, 1.165) is 38.7 Å². The van der Waals surface area contributed by atoms with Crippen LogP contribution in [0.5, 0.6) is 0 Å². The van der Waals surface area contributed by atoms with Crippen LogP contribution < -0.4 is 5.73 Å². The predicted molar refractivity (Wildman–Crippen MR) is 122 cm³/mol. The molecule has 3 aromatic heterocycles. The minimum atomic E-state index is 0.503. The van der Waals surface area contributed by atoms with Crippen molar-refractivity contribution in [2.24, 2.45) is 0 Å². The van der Waals surface area contributed by atoms with Crippen molar-refractivity contribution in [3.05, 3.63) is 66.1 Å². The number of H-pyrrole nitrogens is 1. The van der Waals surface area contributed by atoms with Gasteiger partial charge in [-0.05, 0) is 48.7 Å². The van der Waals surface area contributed by atoms with Crippen LogP contribution >= 0.6 is 11.6 Å². The molecule has 1 aliphatic rings. The van der Waals surface area contributed by atoms with E-state index < -0.39 is 0 Å². The normalized spacial score (nSPS) is 14.8. The lowest BCUT2D eigenvalue weighted by atomic mass is 9.96. The van der Waals surface area contributed by atoms with Crippen molar-refractivity contribution in [2.75, 3.05) is 5.73 Å². The van der Waals surface area contributed by atoms with E-state index in [1.165, 1.54) is 32.1 Å². The molecule has 3 heterocycles. The Bertz CT molecular complexity index is 1150. The summed E-state index contributed by atoms with van der Waals surface area (Å²) < 4.78 is 2.12. The lowest BCUT2D eigenvalue weighted by molar-refractivity contribution is 0.329. The van der Waals surface area contributed by atoms with Gasteiger partial charge in [0.1, 0.15) is 5.82 Å². The summed E-state index contributed by atoms with van der Waals surface area (Å²) in [6.45, 7) is 0. The molecule has 6 heteroatoms. The van der Waals surface area contributed by atoms with Crippen LogP contribution in [0.4, 0.5) is 5.82 Å². The van der Waals surface area contributed by atoms with E-state index >= 15 is 0 Å². The molecule has 0 aliphatic heterocycles. The number of anilines is 1. The summed E-state index contributed by atoms with van der Waals surface area (Å²) in [5.41, 5.74) is 12.2. The van der Waals surface area contributed by atoms with E-state index in [9.17, 15) is 0 Å². The second kappa shape index (κ2) is 8.00.